The molecule has 2 rings (SSSR count). The molecule has 1 amide bonds. The quantitative estimate of drug-likeness (QED) is 0.851. The Morgan fingerprint density at radius 2 is 1.68 bits per heavy atom. The van der Waals surface area contributed by atoms with E-state index in [4.69, 9.17) is 0 Å². The van der Waals surface area contributed by atoms with Crippen molar-refractivity contribution in [3.63, 3.8) is 0 Å². The standard InChI is InChI=1S/C17H18F2N2O3S/c1-3-21(4-2)25(23,24)12-9-10-14(18)13(11-12)17(22)20-16-8-6-5-7-15(16)19/h5-11H,3-4H2,1-2H3,(H,20,22). The summed E-state index contributed by atoms with van der Waals surface area (Å²) in [5.41, 5.74) is -0.597. The first-order valence-electron chi connectivity index (χ1n) is 7.66. The second-order valence-corrected chi connectivity index (χ2v) is 7.10. The maximum Gasteiger partial charge on any atom is 0.258 e. The van der Waals surface area contributed by atoms with E-state index in [2.05, 4.69) is 5.32 Å². The van der Waals surface area contributed by atoms with Crippen molar-refractivity contribution in [2.45, 2.75) is 18.7 Å². The van der Waals surface area contributed by atoms with Gasteiger partial charge in [-0.15, -0.1) is 0 Å². The Morgan fingerprint density at radius 3 is 2.28 bits per heavy atom. The fraction of sp³-hybridized carbons (Fsp3) is 0.235. The second-order valence-electron chi connectivity index (χ2n) is 5.16. The smallest absolute Gasteiger partial charge is 0.258 e. The monoisotopic (exact) mass is 368 g/mol. The molecule has 0 fully saturated rings. The number of carbonyl (C=O) groups is 1. The lowest BCUT2D eigenvalue weighted by Gasteiger charge is -2.19. The molecule has 0 saturated carbocycles. The number of para-hydroxylation sites is 1. The van der Waals surface area contributed by atoms with E-state index in [0.29, 0.717) is 0 Å². The van der Waals surface area contributed by atoms with Crippen LogP contribution in [0.4, 0.5) is 14.5 Å². The number of benzene rings is 2. The van der Waals surface area contributed by atoms with Gasteiger partial charge >= 0.3 is 0 Å². The first-order valence-corrected chi connectivity index (χ1v) is 9.10. The number of hydrogen-bond acceptors (Lipinski definition) is 3. The number of hydrogen-bond donors (Lipinski definition) is 1. The highest BCUT2D eigenvalue weighted by atomic mass is 32.2. The summed E-state index contributed by atoms with van der Waals surface area (Å²) in [6, 6.07) is 8.39. The highest BCUT2D eigenvalue weighted by Gasteiger charge is 2.24. The van der Waals surface area contributed by atoms with Crippen molar-refractivity contribution in [2.75, 3.05) is 18.4 Å². The first-order chi connectivity index (χ1) is 11.8. The number of amides is 1. The molecule has 0 heterocycles. The highest BCUT2D eigenvalue weighted by molar-refractivity contribution is 7.89. The van der Waals surface area contributed by atoms with Crippen LogP contribution in [-0.4, -0.2) is 31.7 Å². The zero-order valence-electron chi connectivity index (χ0n) is 13.8. The average molecular weight is 368 g/mol. The van der Waals surface area contributed by atoms with E-state index in [-0.39, 0.29) is 23.7 Å². The van der Waals surface area contributed by atoms with Gasteiger partial charge in [-0.2, -0.15) is 4.31 Å². The molecule has 0 spiro atoms. The maximum absolute atomic E-state index is 14.0. The van der Waals surface area contributed by atoms with Crippen molar-refractivity contribution in [1.29, 1.82) is 0 Å². The van der Waals surface area contributed by atoms with Crippen molar-refractivity contribution < 1.29 is 22.0 Å². The van der Waals surface area contributed by atoms with Gasteiger partial charge in [-0.05, 0) is 30.3 Å². The largest absolute Gasteiger partial charge is 0.319 e. The second kappa shape index (κ2) is 7.71. The van der Waals surface area contributed by atoms with Gasteiger partial charge in [-0.3, -0.25) is 4.79 Å². The molecular weight excluding hydrogens is 350 g/mol. The number of anilines is 1. The van der Waals surface area contributed by atoms with Crippen molar-refractivity contribution >= 4 is 21.6 Å². The van der Waals surface area contributed by atoms with Crippen molar-refractivity contribution in [2.24, 2.45) is 0 Å². The molecule has 0 aromatic heterocycles. The average Bonchev–Trinajstić information content (AvgIpc) is 2.58. The lowest BCUT2D eigenvalue weighted by atomic mass is 10.2. The van der Waals surface area contributed by atoms with Crippen LogP contribution in [0.25, 0.3) is 0 Å². The fourth-order valence-electron chi connectivity index (χ4n) is 2.30. The van der Waals surface area contributed by atoms with Crippen LogP contribution in [0.15, 0.2) is 47.4 Å². The van der Waals surface area contributed by atoms with Crippen molar-refractivity contribution in [1.82, 2.24) is 4.31 Å². The predicted molar refractivity (Wildman–Crippen MR) is 90.9 cm³/mol. The van der Waals surface area contributed by atoms with Gasteiger partial charge in [0.25, 0.3) is 5.91 Å². The van der Waals surface area contributed by atoms with Crippen LogP contribution in [-0.2, 0) is 10.0 Å². The molecule has 0 bridgehead atoms. The van der Waals surface area contributed by atoms with E-state index in [0.717, 1.165) is 24.3 Å². The van der Waals surface area contributed by atoms with E-state index in [9.17, 15) is 22.0 Å². The summed E-state index contributed by atoms with van der Waals surface area (Å²) in [5, 5.41) is 2.24. The third-order valence-corrected chi connectivity index (χ3v) is 5.69. The van der Waals surface area contributed by atoms with E-state index >= 15 is 0 Å². The summed E-state index contributed by atoms with van der Waals surface area (Å²) < 4.78 is 53.8. The highest BCUT2D eigenvalue weighted by Crippen LogP contribution is 2.21. The number of rotatable bonds is 6. The van der Waals surface area contributed by atoms with Gasteiger partial charge in [0.15, 0.2) is 0 Å². The Kier molecular flexibility index (Phi) is 5.86. The molecule has 0 saturated heterocycles. The number of halogens is 2. The van der Waals surface area contributed by atoms with E-state index in [1.54, 1.807) is 13.8 Å². The molecule has 134 valence electrons. The lowest BCUT2D eigenvalue weighted by molar-refractivity contribution is 0.102. The van der Waals surface area contributed by atoms with Crippen LogP contribution < -0.4 is 5.32 Å². The minimum atomic E-state index is -3.84. The van der Waals surface area contributed by atoms with Crippen LogP contribution in [0.2, 0.25) is 0 Å². The predicted octanol–water partition coefficient (Wildman–Crippen LogP) is 3.25. The first kappa shape index (κ1) is 19.0. The molecule has 5 nitrogen and oxygen atoms in total. The molecular formula is C17H18F2N2O3S. The van der Waals surface area contributed by atoms with E-state index in [1.807, 2.05) is 0 Å². The molecule has 0 atom stereocenters. The molecule has 0 aliphatic rings. The molecule has 0 radical (unpaired) electrons. The maximum atomic E-state index is 14.0. The molecule has 1 N–H and O–H groups in total. The Hall–Kier alpha value is -2.32. The van der Waals surface area contributed by atoms with Gasteiger partial charge in [-0.25, -0.2) is 17.2 Å². The molecule has 0 unspecified atom stereocenters. The summed E-state index contributed by atoms with van der Waals surface area (Å²) in [7, 11) is -3.84. The van der Waals surface area contributed by atoms with Gasteiger partial charge in [-0.1, -0.05) is 26.0 Å². The minimum absolute atomic E-state index is 0.121. The van der Waals surface area contributed by atoms with Crippen molar-refractivity contribution in [3.05, 3.63) is 59.7 Å². The zero-order chi connectivity index (χ0) is 18.6. The lowest BCUT2D eigenvalue weighted by Crippen LogP contribution is -2.31. The Labute approximate surface area is 145 Å². The summed E-state index contributed by atoms with van der Waals surface area (Å²) in [4.78, 5) is 12.1. The zero-order valence-corrected chi connectivity index (χ0v) is 14.6. The molecule has 2 aromatic carbocycles. The number of nitrogens with one attached hydrogen (secondary N) is 1. The molecule has 0 aliphatic heterocycles. The summed E-state index contributed by atoms with van der Waals surface area (Å²) in [6.07, 6.45) is 0. The van der Waals surface area contributed by atoms with Crippen LogP contribution in [0.5, 0.6) is 0 Å². The Balaban J connectivity index is 2.39. The van der Waals surface area contributed by atoms with Gasteiger partial charge < -0.3 is 5.32 Å². The van der Waals surface area contributed by atoms with Gasteiger partial charge in [0.1, 0.15) is 11.6 Å². The van der Waals surface area contributed by atoms with Crippen LogP contribution in [0.3, 0.4) is 0 Å². The third-order valence-electron chi connectivity index (χ3n) is 3.65. The van der Waals surface area contributed by atoms with E-state index < -0.39 is 33.1 Å². The molecule has 8 heteroatoms. The van der Waals surface area contributed by atoms with Gasteiger partial charge in [0, 0.05) is 13.1 Å². The minimum Gasteiger partial charge on any atom is -0.319 e. The van der Waals surface area contributed by atoms with E-state index in [1.165, 1.54) is 22.5 Å². The Bertz CT molecular complexity index is 881. The Morgan fingerprint density at radius 1 is 1.04 bits per heavy atom. The van der Waals surface area contributed by atoms with Crippen LogP contribution in [0.1, 0.15) is 24.2 Å². The topological polar surface area (TPSA) is 66.5 Å². The molecule has 25 heavy (non-hydrogen) atoms. The SMILES string of the molecule is CCN(CC)S(=O)(=O)c1ccc(F)c(C(=O)Nc2ccccc2F)c1. The van der Waals surface area contributed by atoms with Crippen LogP contribution >= 0.6 is 0 Å². The summed E-state index contributed by atoms with van der Waals surface area (Å²) in [5.74, 6) is -2.50. The summed E-state index contributed by atoms with van der Waals surface area (Å²) >= 11 is 0. The number of nitrogens with zero attached hydrogens (tertiary/aromatic N) is 1. The molecule has 2 aromatic rings. The molecule has 0 aliphatic carbocycles. The fourth-order valence-corrected chi connectivity index (χ4v) is 3.79. The van der Waals surface area contributed by atoms with Crippen LogP contribution in [0, 0.1) is 11.6 Å². The van der Waals surface area contributed by atoms with Gasteiger partial charge in [0.2, 0.25) is 10.0 Å². The van der Waals surface area contributed by atoms with Gasteiger partial charge in [0.05, 0.1) is 16.1 Å². The number of carbonyl (C=O) groups excluding carboxylic acids is 1. The normalized spacial score (nSPS) is 11.6. The number of sulfonamides is 1. The van der Waals surface area contributed by atoms with Crippen molar-refractivity contribution in [3.8, 4) is 0 Å². The summed E-state index contributed by atoms with van der Waals surface area (Å²) in [6.45, 7) is 3.84. The third kappa shape index (κ3) is 4.02.